The van der Waals surface area contributed by atoms with E-state index in [1.165, 1.54) is 74.6 Å². The zero-order valence-electron chi connectivity index (χ0n) is 51.9. The molecule has 9 heterocycles. The highest BCUT2D eigenvalue weighted by molar-refractivity contribution is 9.08. The maximum atomic E-state index is 12.1. The highest BCUT2D eigenvalue weighted by Gasteiger charge is 2.16. The number of nitrogens with one attached hydrogen (secondary N) is 6. The van der Waals surface area contributed by atoms with Crippen LogP contribution < -0.4 is 16.9 Å². The number of pyridine rings is 2. The molecule has 100 heavy (non-hydrogen) atoms. The molecule has 508 valence electrons. The average Bonchev–Trinajstić information content (AvgIpc) is 1.11. The highest BCUT2D eigenvalue weighted by Crippen LogP contribution is 2.34. The minimum atomic E-state index is -0.457. The molecule has 13 rings (SSSR count). The van der Waals surface area contributed by atoms with Gasteiger partial charge in [0, 0.05) is 71.7 Å². The summed E-state index contributed by atoms with van der Waals surface area (Å²) >= 11 is 20.9. The molecule has 0 aliphatic heterocycles. The third kappa shape index (κ3) is 25.0. The average molecular weight is 1580 g/mol. The number of nitrogens with two attached hydrogens (primary N) is 1. The second-order valence-corrected chi connectivity index (χ2v) is 25.3. The molecular formula is C65H58Br2N22O5S6. The maximum absolute atomic E-state index is 12.1. The van der Waals surface area contributed by atoms with Gasteiger partial charge in [0.2, 0.25) is 34.4 Å². The van der Waals surface area contributed by atoms with Gasteiger partial charge in [0.1, 0.15) is 18.6 Å². The monoisotopic (exact) mass is 1580 g/mol. The molecule has 0 amide bonds. The fraction of sp³-hybridized carbons (Fsp3) is 0.138. The number of ketones is 1. The molecule has 0 atom stereocenters. The summed E-state index contributed by atoms with van der Waals surface area (Å²) in [6.45, 7) is 4.06. The van der Waals surface area contributed by atoms with Crippen molar-refractivity contribution in [3.8, 4) is 84.6 Å². The molecule has 13 aromatic rings. The molecule has 35 heteroatoms. The quantitative estimate of drug-likeness (QED) is 0.00847. The van der Waals surface area contributed by atoms with Crippen LogP contribution in [-0.2, 0) is 25.9 Å². The Kier molecular flexibility index (Phi) is 33.1. The number of halogens is 2. The summed E-state index contributed by atoms with van der Waals surface area (Å²) in [7, 11) is 0. The first kappa shape index (κ1) is 78.3. The van der Waals surface area contributed by atoms with E-state index in [9.17, 15) is 24.4 Å². The second-order valence-electron chi connectivity index (χ2n) is 19.4. The number of Topliss-reactive ketones (excluding diaryl/α,β-unsaturated/α-hetero) is 1. The molecule has 0 bridgehead atoms. The number of ether oxygens (including phenoxy) is 1. The number of H-pyrrole nitrogens is 6. The smallest absolute Gasteiger partial charge is 0.313 e. The van der Waals surface area contributed by atoms with Gasteiger partial charge in [-0.25, -0.2) is 0 Å². The molecule has 0 aliphatic rings. The minimum Gasteiger partial charge on any atom is -0.466 e. The van der Waals surface area contributed by atoms with Crippen LogP contribution in [0.3, 0.4) is 0 Å². The fourth-order valence-corrected chi connectivity index (χ4v) is 12.2. The van der Waals surface area contributed by atoms with Crippen LogP contribution in [0.2, 0.25) is 0 Å². The number of tetrazole rings is 4. The van der Waals surface area contributed by atoms with E-state index in [0.29, 0.717) is 72.8 Å². The predicted octanol–water partition coefficient (Wildman–Crippen LogP) is 13.1. The molecule has 9 aromatic heterocycles. The Morgan fingerprint density at radius 3 is 1.43 bits per heavy atom. The van der Waals surface area contributed by atoms with Crippen LogP contribution in [0.4, 0.5) is 0 Å². The number of carbonyl (C=O) groups excluding carboxylic acids is 2. The summed E-state index contributed by atoms with van der Waals surface area (Å²) in [6.07, 6.45) is 0.0314. The van der Waals surface area contributed by atoms with E-state index in [-0.39, 0.29) is 42.2 Å². The molecule has 0 fully saturated rings. The van der Waals surface area contributed by atoms with E-state index in [1.54, 1.807) is 30.5 Å². The Hall–Kier alpha value is -10.7. The van der Waals surface area contributed by atoms with Gasteiger partial charge >= 0.3 is 5.97 Å². The lowest BCUT2D eigenvalue weighted by molar-refractivity contribution is -0.141. The molecule has 0 spiro atoms. The molecule has 0 aliphatic carbocycles. The van der Waals surface area contributed by atoms with Gasteiger partial charge in [-0.2, -0.15) is 36.6 Å². The zero-order valence-corrected chi connectivity index (χ0v) is 60.1. The molecular weight excluding hydrogens is 1520 g/mol. The Balaban J connectivity index is 0.000000191. The number of thiol groups is 1. The second kappa shape index (κ2) is 42.2. The van der Waals surface area contributed by atoms with Crippen LogP contribution in [0.15, 0.2) is 181 Å². The topological polar surface area (TPSA) is 424 Å². The van der Waals surface area contributed by atoms with E-state index >= 15 is 0 Å². The van der Waals surface area contributed by atoms with Crippen molar-refractivity contribution in [2.24, 2.45) is 5.73 Å². The number of thiocarbonyl (C=S) groups is 1. The summed E-state index contributed by atoms with van der Waals surface area (Å²) in [5, 5.41) is 89.7. The number of aromatic amines is 6. The van der Waals surface area contributed by atoms with Gasteiger partial charge in [-0.1, -0.05) is 148 Å². The van der Waals surface area contributed by atoms with Crippen molar-refractivity contribution in [3.05, 3.63) is 221 Å². The Labute approximate surface area is 615 Å². The van der Waals surface area contributed by atoms with E-state index in [4.69, 9.17) is 16.3 Å². The van der Waals surface area contributed by atoms with Crippen LogP contribution in [0.1, 0.15) is 70.2 Å². The van der Waals surface area contributed by atoms with Crippen molar-refractivity contribution in [1.29, 1.82) is 15.8 Å². The molecule has 0 unspecified atom stereocenters. The number of thiophene rings is 3. The lowest BCUT2D eigenvalue weighted by Crippen LogP contribution is -2.10. The summed E-state index contributed by atoms with van der Waals surface area (Å²) < 4.78 is 4.66. The van der Waals surface area contributed by atoms with Gasteiger partial charge < -0.3 is 20.4 Å². The number of aryl methyl sites for hydroxylation is 1. The number of rotatable bonds is 16. The van der Waals surface area contributed by atoms with Crippen LogP contribution in [0, 0.1) is 40.9 Å². The molecule has 0 saturated heterocycles. The number of nitriles is 3. The number of nitrogens with zero attached hydrogens (tertiary/aromatic N) is 15. The van der Waals surface area contributed by atoms with E-state index in [2.05, 4.69) is 160 Å². The Morgan fingerprint density at radius 2 is 1.04 bits per heavy atom. The van der Waals surface area contributed by atoms with Crippen molar-refractivity contribution in [2.45, 2.75) is 60.6 Å². The first-order valence-corrected chi connectivity index (χ1v) is 35.4. The van der Waals surface area contributed by atoms with Crippen molar-refractivity contribution >= 4 is 119 Å². The third-order valence-corrected chi connectivity index (χ3v) is 18.0. The van der Waals surface area contributed by atoms with Gasteiger partial charge in [-0.3, -0.25) is 19.2 Å². The number of esters is 1. The SMILES string of the molecule is BrCc1cccc(-c2nn[nH]n2)c1.BrCc1cccc(-c2nn[nH]n2)c1.C.CCOC(=O)CC(=O)c1cccs1.Cc1cccc(-c2nn[nH]n2)c1.N#CCC(N)=S.N#Cc1c(-c2cccs2)cc(=O)[nH]c1S.N#Cc1c(-c2cccs2)cc(=O)[nH]c1SCc1cccc(-c2nn[nH]n2)c1. The van der Waals surface area contributed by atoms with Gasteiger partial charge in [0.25, 0.3) is 0 Å². The Bertz CT molecular complexity index is 4810. The third-order valence-electron chi connectivity index (χ3n) is 12.4. The summed E-state index contributed by atoms with van der Waals surface area (Å²) in [4.78, 5) is 53.5. The molecule has 0 radical (unpaired) electrons. The van der Waals surface area contributed by atoms with Gasteiger partial charge in [-0.15, -0.1) is 99.2 Å². The number of aromatic nitrogens is 18. The van der Waals surface area contributed by atoms with E-state index < -0.39 is 5.97 Å². The number of thioether (sulfide) groups is 1. The van der Waals surface area contributed by atoms with Crippen LogP contribution in [0.5, 0.6) is 0 Å². The number of hydrogen-bond acceptors (Lipinski definition) is 26. The zero-order chi connectivity index (χ0) is 70.7. The molecule has 4 aromatic carbocycles. The van der Waals surface area contributed by atoms with Crippen LogP contribution in [0.25, 0.3) is 66.4 Å². The standard InChI is InChI=1S/C18H12N6OS2.C10H6N2OS2.C9H10O3S.2C8H7BrN4.C8H8N4.C3H4N2S.CH4/c19-9-14-13(15-5-2-6-26-15)8-16(25)20-18(14)27-10-11-3-1-4-12(7-11)17-21-23-24-22-17;11-5-7-6(8-2-1-3-15-8)4-9(13)12-10(7)14;1-2-12-9(11)6-7(10)8-4-3-5-13-8;2*9-5-6-2-1-3-7(4-6)8-10-12-13-11-8;1-6-3-2-4-7(5-6)8-9-11-12-10-8;4-2-1-3(5)6;/h1-8H,10H2,(H,20,25)(H,21,22,23,24);1-4H,(H2,12,13,14);3-5H,2,6H2,1H3;2*1-4H,5H2,(H,10,11,12,13);2-5H,1H3,(H,9,10,11,12);1H2,(H2,5,6);1H4. The predicted molar refractivity (Wildman–Crippen MR) is 399 cm³/mol. The molecule has 0 saturated carbocycles. The van der Waals surface area contributed by atoms with Crippen molar-refractivity contribution in [3.63, 3.8) is 0 Å². The van der Waals surface area contributed by atoms with Gasteiger partial charge in [0.05, 0.1) is 50.1 Å². The van der Waals surface area contributed by atoms with Gasteiger partial charge in [-0.05, 0) is 110 Å². The number of benzene rings is 4. The van der Waals surface area contributed by atoms with Crippen molar-refractivity contribution in [1.82, 2.24) is 92.5 Å². The first-order chi connectivity index (χ1) is 48.1. The number of carbonyl (C=O) groups is 2. The minimum absolute atomic E-state index is 0. The largest absolute Gasteiger partial charge is 0.466 e. The van der Waals surface area contributed by atoms with Crippen LogP contribution in [-0.4, -0.2) is 116 Å². The number of alkyl halides is 2. The molecule has 27 nitrogen and oxygen atoms in total. The summed E-state index contributed by atoms with van der Waals surface area (Å²) in [6, 6.07) is 51.7. The number of hydrogen-bond donors (Lipinski definition) is 8. The summed E-state index contributed by atoms with van der Waals surface area (Å²) in [5.74, 6) is 2.37. The first-order valence-electron chi connectivity index (χ1n) is 28.7. The maximum Gasteiger partial charge on any atom is 0.313 e. The fourth-order valence-electron chi connectivity index (χ4n) is 8.08. The van der Waals surface area contributed by atoms with Crippen molar-refractivity contribution < 1.29 is 14.3 Å². The lowest BCUT2D eigenvalue weighted by atomic mass is 10.1. The Morgan fingerprint density at radius 1 is 0.600 bits per heavy atom. The lowest BCUT2D eigenvalue weighted by Gasteiger charge is -2.08. The van der Waals surface area contributed by atoms with Gasteiger partial charge in [0.15, 0.2) is 5.78 Å². The normalized spacial score (nSPS) is 9.86. The molecule has 8 N–H and O–H groups in total. The van der Waals surface area contributed by atoms with E-state index in [1.807, 2.05) is 145 Å². The van der Waals surface area contributed by atoms with Crippen molar-refractivity contribution in [2.75, 3.05) is 6.61 Å². The summed E-state index contributed by atoms with van der Waals surface area (Å²) in [5.41, 5.74) is 15.0. The van der Waals surface area contributed by atoms with Crippen LogP contribution >= 0.6 is 102 Å². The van der Waals surface area contributed by atoms with E-state index in [0.717, 1.165) is 48.2 Å². The highest BCUT2D eigenvalue weighted by atomic mass is 79.9.